The van der Waals surface area contributed by atoms with Crippen LogP contribution >= 0.6 is 0 Å². The van der Waals surface area contributed by atoms with E-state index in [0.29, 0.717) is 17.0 Å². The van der Waals surface area contributed by atoms with Gasteiger partial charge in [-0.25, -0.2) is 14.4 Å². The van der Waals surface area contributed by atoms with Gasteiger partial charge in [-0.15, -0.1) is 0 Å². The van der Waals surface area contributed by atoms with Gasteiger partial charge in [0.25, 0.3) is 0 Å². The molecule has 0 amide bonds. The van der Waals surface area contributed by atoms with Gasteiger partial charge in [-0.3, -0.25) is 4.99 Å². The second-order valence-electron chi connectivity index (χ2n) is 5.37. The molecule has 0 aliphatic carbocycles. The van der Waals surface area contributed by atoms with Gasteiger partial charge >= 0.3 is 0 Å². The van der Waals surface area contributed by atoms with Crippen molar-refractivity contribution in [1.82, 2.24) is 9.97 Å². The molecule has 0 bridgehead atoms. The van der Waals surface area contributed by atoms with Gasteiger partial charge in [0.2, 0.25) is 0 Å². The summed E-state index contributed by atoms with van der Waals surface area (Å²) in [6, 6.07) is 12.6. The normalized spacial score (nSPS) is 16.0. The molecule has 0 spiro atoms. The third-order valence-electron chi connectivity index (χ3n) is 3.98. The zero-order valence-electron chi connectivity index (χ0n) is 12.1. The van der Waals surface area contributed by atoms with Crippen LogP contribution in [0.2, 0.25) is 0 Å². The summed E-state index contributed by atoms with van der Waals surface area (Å²) in [7, 11) is 0. The van der Waals surface area contributed by atoms with Crippen molar-refractivity contribution in [2.75, 3.05) is 0 Å². The van der Waals surface area contributed by atoms with Gasteiger partial charge in [0.15, 0.2) is 0 Å². The summed E-state index contributed by atoms with van der Waals surface area (Å²) in [6.45, 7) is 0. The lowest BCUT2D eigenvalue weighted by Crippen LogP contribution is -2.09. The van der Waals surface area contributed by atoms with Crippen LogP contribution in [0.25, 0.3) is 11.1 Å². The average molecular weight is 304 g/mol. The number of aromatic nitrogens is 2. The largest absolute Gasteiger partial charge is 0.383 e. The van der Waals surface area contributed by atoms with Crippen LogP contribution in [0.1, 0.15) is 22.7 Å². The van der Waals surface area contributed by atoms with Gasteiger partial charge in [0.05, 0.1) is 0 Å². The second kappa shape index (κ2) is 5.28. The molecule has 1 aliphatic rings. The first-order chi connectivity index (χ1) is 11.2. The van der Waals surface area contributed by atoms with Crippen LogP contribution in [-0.2, 0) is 0 Å². The maximum absolute atomic E-state index is 14.2. The standard InChI is InChI=1S/C18H13FN4/c19-16-6-5-11(7-15(16)12-8-21-10-22-9-12)17-13-3-1-2-4-14(13)18(20)23-17/h1-10,17H,(H2,20,23). The van der Waals surface area contributed by atoms with Crippen LogP contribution in [0, 0.1) is 5.82 Å². The summed E-state index contributed by atoms with van der Waals surface area (Å²) >= 11 is 0. The van der Waals surface area contributed by atoms with Crippen LogP contribution in [0.3, 0.4) is 0 Å². The topological polar surface area (TPSA) is 64.2 Å². The number of hydrogen-bond donors (Lipinski definition) is 1. The maximum atomic E-state index is 14.2. The predicted octanol–water partition coefficient (Wildman–Crippen LogP) is 3.09. The van der Waals surface area contributed by atoms with Gasteiger partial charge in [0.1, 0.15) is 24.0 Å². The quantitative estimate of drug-likeness (QED) is 0.791. The van der Waals surface area contributed by atoms with E-state index in [0.717, 1.165) is 16.7 Å². The Morgan fingerprint density at radius 2 is 1.74 bits per heavy atom. The molecule has 112 valence electrons. The number of amidine groups is 1. The number of rotatable bonds is 2. The highest BCUT2D eigenvalue weighted by Crippen LogP contribution is 2.36. The Labute approximate surface area is 132 Å². The maximum Gasteiger partial charge on any atom is 0.131 e. The molecule has 23 heavy (non-hydrogen) atoms. The Bertz CT molecular complexity index is 906. The molecule has 1 unspecified atom stereocenters. The first kappa shape index (κ1) is 13.6. The van der Waals surface area contributed by atoms with Crippen molar-refractivity contribution in [3.63, 3.8) is 0 Å². The van der Waals surface area contributed by atoms with E-state index in [9.17, 15) is 4.39 Å². The minimum Gasteiger partial charge on any atom is -0.383 e. The molecule has 1 aromatic heterocycles. The zero-order chi connectivity index (χ0) is 15.8. The van der Waals surface area contributed by atoms with E-state index in [2.05, 4.69) is 15.0 Å². The number of fused-ring (bicyclic) bond motifs is 1. The van der Waals surface area contributed by atoms with Crippen molar-refractivity contribution in [2.24, 2.45) is 10.7 Å². The van der Waals surface area contributed by atoms with Gasteiger partial charge in [-0.1, -0.05) is 30.3 Å². The first-order valence-corrected chi connectivity index (χ1v) is 7.21. The molecule has 2 aromatic carbocycles. The third kappa shape index (κ3) is 2.26. The van der Waals surface area contributed by atoms with Crippen LogP contribution < -0.4 is 5.73 Å². The van der Waals surface area contributed by atoms with Gasteiger partial charge in [-0.2, -0.15) is 0 Å². The Morgan fingerprint density at radius 3 is 2.57 bits per heavy atom. The van der Waals surface area contributed by atoms with E-state index < -0.39 is 0 Å². The molecule has 2 heterocycles. The number of nitrogens with two attached hydrogens (primary N) is 1. The summed E-state index contributed by atoms with van der Waals surface area (Å²) in [5, 5.41) is 0. The highest BCUT2D eigenvalue weighted by molar-refractivity contribution is 6.01. The van der Waals surface area contributed by atoms with Crippen LogP contribution in [0.5, 0.6) is 0 Å². The second-order valence-corrected chi connectivity index (χ2v) is 5.37. The van der Waals surface area contributed by atoms with E-state index in [1.54, 1.807) is 24.5 Å². The highest BCUT2D eigenvalue weighted by Gasteiger charge is 2.25. The van der Waals surface area contributed by atoms with Crippen molar-refractivity contribution in [3.05, 3.63) is 83.7 Å². The fraction of sp³-hybridized carbons (Fsp3) is 0.0556. The summed E-state index contributed by atoms with van der Waals surface area (Å²) in [5.41, 5.74) is 9.96. The van der Waals surface area contributed by atoms with Crippen molar-refractivity contribution >= 4 is 5.84 Å². The van der Waals surface area contributed by atoms with Crippen LogP contribution in [0.15, 0.2) is 66.2 Å². The number of benzene rings is 2. The smallest absolute Gasteiger partial charge is 0.131 e. The molecule has 0 fully saturated rings. The summed E-state index contributed by atoms with van der Waals surface area (Å²) < 4.78 is 14.2. The highest BCUT2D eigenvalue weighted by atomic mass is 19.1. The van der Waals surface area contributed by atoms with Crippen molar-refractivity contribution in [3.8, 4) is 11.1 Å². The van der Waals surface area contributed by atoms with Gasteiger partial charge in [-0.05, 0) is 23.3 Å². The van der Waals surface area contributed by atoms with E-state index in [1.807, 2.05) is 24.3 Å². The molecule has 4 rings (SSSR count). The number of aliphatic imine (C=N–C) groups is 1. The zero-order valence-corrected chi connectivity index (χ0v) is 12.1. The average Bonchev–Trinajstić information content (AvgIpc) is 2.94. The molecule has 2 N–H and O–H groups in total. The monoisotopic (exact) mass is 304 g/mol. The first-order valence-electron chi connectivity index (χ1n) is 7.21. The van der Waals surface area contributed by atoms with E-state index in [1.165, 1.54) is 12.4 Å². The minimum atomic E-state index is -0.313. The lowest BCUT2D eigenvalue weighted by atomic mass is 9.95. The van der Waals surface area contributed by atoms with Crippen molar-refractivity contribution < 1.29 is 4.39 Å². The molecule has 0 saturated heterocycles. The third-order valence-corrected chi connectivity index (χ3v) is 3.98. The SMILES string of the molecule is NC1=NC(c2ccc(F)c(-c3cncnc3)c2)c2ccccc21. The van der Waals surface area contributed by atoms with Crippen LogP contribution in [0.4, 0.5) is 4.39 Å². The van der Waals surface area contributed by atoms with Gasteiger partial charge < -0.3 is 5.73 Å². The molecule has 5 heteroatoms. The molecule has 0 saturated carbocycles. The molecular weight excluding hydrogens is 291 g/mol. The van der Waals surface area contributed by atoms with E-state index in [4.69, 9.17) is 5.73 Å². The van der Waals surface area contributed by atoms with E-state index in [-0.39, 0.29) is 11.9 Å². The van der Waals surface area contributed by atoms with Crippen LogP contribution in [-0.4, -0.2) is 15.8 Å². The number of hydrogen-bond acceptors (Lipinski definition) is 4. The number of halogens is 1. The molecular formula is C18H13FN4. The van der Waals surface area contributed by atoms with Crippen molar-refractivity contribution in [1.29, 1.82) is 0 Å². The summed E-state index contributed by atoms with van der Waals surface area (Å²) in [6.07, 6.45) is 4.61. The Morgan fingerprint density at radius 1 is 0.957 bits per heavy atom. The summed E-state index contributed by atoms with van der Waals surface area (Å²) in [5.74, 6) is 0.200. The lowest BCUT2D eigenvalue weighted by Gasteiger charge is -2.12. The number of nitrogens with zero attached hydrogens (tertiary/aromatic N) is 3. The Balaban J connectivity index is 1.83. The molecule has 3 aromatic rings. The minimum absolute atomic E-state index is 0.213. The molecule has 1 atom stereocenters. The fourth-order valence-corrected chi connectivity index (χ4v) is 2.87. The predicted molar refractivity (Wildman–Crippen MR) is 86.4 cm³/mol. The van der Waals surface area contributed by atoms with Crippen molar-refractivity contribution in [2.45, 2.75) is 6.04 Å². The Kier molecular flexibility index (Phi) is 3.12. The fourth-order valence-electron chi connectivity index (χ4n) is 2.87. The van der Waals surface area contributed by atoms with Gasteiger partial charge in [0, 0.05) is 29.1 Å². The van der Waals surface area contributed by atoms with E-state index >= 15 is 0 Å². The molecule has 4 nitrogen and oxygen atoms in total. The lowest BCUT2D eigenvalue weighted by molar-refractivity contribution is 0.630. The Hall–Kier alpha value is -3.08. The molecule has 1 aliphatic heterocycles. The summed E-state index contributed by atoms with van der Waals surface area (Å²) in [4.78, 5) is 12.4. The molecule has 0 radical (unpaired) electrons.